The van der Waals surface area contributed by atoms with E-state index >= 15 is 0 Å². The third-order valence-corrected chi connectivity index (χ3v) is 11.9. The first-order chi connectivity index (χ1) is 33.0. The van der Waals surface area contributed by atoms with Crippen LogP contribution in [0, 0.1) is 0 Å². The van der Waals surface area contributed by atoms with Crippen molar-refractivity contribution in [2.24, 2.45) is 14.1 Å². The zero-order valence-corrected chi connectivity index (χ0v) is 38.2. The molecule has 10 rings (SSSR count). The first kappa shape index (κ1) is 45.5. The van der Waals surface area contributed by atoms with Crippen molar-refractivity contribution in [1.82, 2.24) is 29.4 Å². The number of aryl methyl sites for hydroxylation is 2. The number of aromatic nitrogens is 4. The summed E-state index contributed by atoms with van der Waals surface area (Å²) in [4.78, 5) is 54.3. The predicted octanol–water partition coefficient (Wildman–Crippen LogP) is 6.52. The SMILES string of the molecule is COCC1Cc2c(Oc3ccc(C(=O)N4CCC4)cc3)cc(C(=O)Nc3ccn(C)n3)cc2O1.COCC1Cc2c(Oc3ccc(C(=O)N4CCC4)cc3)cc(C(=O)Nc3ccn(C)n3)cc2O1. The van der Waals surface area contributed by atoms with E-state index in [9.17, 15) is 19.2 Å². The maximum Gasteiger partial charge on any atom is 0.257 e. The molecule has 4 aromatic carbocycles. The van der Waals surface area contributed by atoms with Gasteiger partial charge < -0.3 is 48.9 Å². The molecule has 6 heterocycles. The predicted molar refractivity (Wildman–Crippen MR) is 249 cm³/mol. The third-order valence-electron chi connectivity index (χ3n) is 11.9. The fourth-order valence-electron chi connectivity index (χ4n) is 8.08. The Morgan fingerprint density at radius 1 is 0.574 bits per heavy atom. The van der Waals surface area contributed by atoms with E-state index in [1.807, 2.05) is 9.80 Å². The summed E-state index contributed by atoms with van der Waals surface area (Å²) in [5, 5.41) is 14.0. The lowest BCUT2D eigenvalue weighted by Gasteiger charge is -2.30. The normalized spacial score (nSPS) is 16.4. The van der Waals surface area contributed by atoms with Gasteiger partial charge in [-0.3, -0.25) is 28.5 Å². The molecule has 352 valence electrons. The average Bonchev–Trinajstić information content (AvgIpc) is 4.10. The highest BCUT2D eigenvalue weighted by Gasteiger charge is 2.31. The molecular formula is C50H52N8O10. The number of amides is 4. The van der Waals surface area contributed by atoms with Crippen molar-refractivity contribution in [3.63, 3.8) is 0 Å². The standard InChI is InChI=1S/2C25H26N4O5/c2*1-28-11-8-23(27-28)26-24(30)17-12-21(20-14-19(15-32-2)34-22(20)13-17)33-18-6-4-16(5-7-18)25(31)29-9-3-10-29/h2*4-8,11-13,19H,3,9-10,14-15H2,1-2H3,(H,26,27,30). The fraction of sp³-hybridized carbons (Fsp3) is 0.320. The Hall–Kier alpha value is -7.70. The number of nitrogens with zero attached hydrogens (tertiary/aromatic N) is 6. The molecule has 4 aliphatic rings. The summed E-state index contributed by atoms with van der Waals surface area (Å²) >= 11 is 0. The number of anilines is 2. The van der Waals surface area contributed by atoms with E-state index in [2.05, 4.69) is 20.8 Å². The van der Waals surface area contributed by atoms with Crippen LogP contribution in [0.25, 0.3) is 0 Å². The van der Waals surface area contributed by atoms with Gasteiger partial charge in [-0.05, 0) is 85.6 Å². The monoisotopic (exact) mass is 924 g/mol. The molecule has 18 heteroatoms. The molecule has 2 unspecified atom stereocenters. The smallest absolute Gasteiger partial charge is 0.257 e. The molecule has 2 aromatic heterocycles. The second kappa shape index (κ2) is 20.0. The van der Waals surface area contributed by atoms with Gasteiger partial charge in [-0.2, -0.15) is 10.2 Å². The van der Waals surface area contributed by atoms with E-state index in [4.69, 9.17) is 28.4 Å². The highest BCUT2D eigenvalue weighted by molar-refractivity contribution is 6.05. The molecule has 0 bridgehead atoms. The van der Waals surface area contributed by atoms with Crippen molar-refractivity contribution in [3.05, 3.63) is 131 Å². The molecule has 18 nitrogen and oxygen atoms in total. The van der Waals surface area contributed by atoms with Crippen LogP contribution in [0.2, 0.25) is 0 Å². The minimum atomic E-state index is -0.319. The Labute approximate surface area is 392 Å². The summed E-state index contributed by atoms with van der Waals surface area (Å²) in [5.41, 5.74) is 3.78. The van der Waals surface area contributed by atoms with Crippen molar-refractivity contribution in [3.8, 4) is 34.5 Å². The second-order valence-corrected chi connectivity index (χ2v) is 16.9. The molecule has 2 N–H and O–H groups in total. The number of nitrogens with one attached hydrogen (secondary N) is 2. The molecule has 2 saturated heterocycles. The van der Waals surface area contributed by atoms with Crippen LogP contribution in [0.15, 0.2) is 97.3 Å². The summed E-state index contributed by atoms with van der Waals surface area (Å²) in [5.74, 6) is 3.72. The van der Waals surface area contributed by atoms with Crippen LogP contribution >= 0.6 is 0 Å². The van der Waals surface area contributed by atoms with Crippen LogP contribution in [0.4, 0.5) is 11.6 Å². The van der Waals surface area contributed by atoms with Crippen molar-refractivity contribution >= 4 is 35.3 Å². The summed E-state index contributed by atoms with van der Waals surface area (Å²) < 4.78 is 38.1. The number of hydrogen-bond donors (Lipinski definition) is 2. The Kier molecular flexibility index (Phi) is 13.4. The number of carbonyl (C=O) groups excluding carboxylic acids is 4. The lowest BCUT2D eigenvalue weighted by molar-refractivity contribution is 0.0644. The molecule has 0 spiro atoms. The molecule has 4 aliphatic heterocycles. The van der Waals surface area contributed by atoms with E-state index in [-0.39, 0.29) is 35.8 Å². The molecule has 4 amide bonds. The summed E-state index contributed by atoms with van der Waals surface area (Å²) in [6.45, 7) is 4.07. The largest absolute Gasteiger partial charge is 0.487 e. The minimum Gasteiger partial charge on any atom is -0.487 e. The average molecular weight is 925 g/mol. The molecule has 0 radical (unpaired) electrons. The van der Waals surface area contributed by atoms with Crippen molar-refractivity contribution in [2.75, 3.05) is 64.2 Å². The van der Waals surface area contributed by atoms with Crippen LogP contribution in [0.5, 0.6) is 34.5 Å². The topological polar surface area (TPSA) is 190 Å². The van der Waals surface area contributed by atoms with Crippen LogP contribution in [0.1, 0.15) is 65.4 Å². The summed E-state index contributed by atoms with van der Waals surface area (Å²) in [7, 11) is 6.81. The Bertz CT molecular complexity index is 2620. The minimum absolute atomic E-state index is 0.0303. The van der Waals surface area contributed by atoms with Gasteiger partial charge in [-0.1, -0.05) is 0 Å². The lowest BCUT2D eigenvalue weighted by Crippen LogP contribution is -2.41. The molecule has 0 saturated carbocycles. The zero-order valence-electron chi connectivity index (χ0n) is 38.2. The number of ether oxygens (including phenoxy) is 6. The molecule has 68 heavy (non-hydrogen) atoms. The number of fused-ring (bicyclic) bond motifs is 2. The van der Waals surface area contributed by atoms with E-state index in [1.165, 1.54) is 0 Å². The number of carbonyl (C=O) groups is 4. The summed E-state index contributed by atoms with van der Waals surface area (Å²) in [6.07, 6.45) is 6.49. The maximum absolute atomic E-state index is 12.9. The van der Waals surface area contributed by atoms with Gasteiger partial charge in [0, 0.05) is 125 Å². The van der Waals surface area contributed by atoms with E-state index in [0.29, 0.717) is 94.4 Å². The molecular weight excluding hydrogens is 873 g/mol. The molecule has 6 aromatic rings. The first-order valence-corrected chi connectivity index (χ1v) is 22.4. The fourth-order valence-corrected chi connectivity index (χ4v) is 8.08. The number of likely N-dealkylation sites (tertiary alicyclic amines) is 2. The second-order valence-electron chi connectivity index (χ2n) is 16.9. The van der Waals surface area contributed by atoms with Gasteiger partial charge in [-0.25, -0.2) is 0 Å². The van der Waals surface area contributed by atoms with Gasteiger partial charge in [0.1, 0.15) is 46.7 Å². The van der Waals surface area contributed by atoms with Crippen LogP contribution in [-0.2, 0) is 36.4 Å². The first-order valence-electron chi connectivity index (χ1n) is 22.4. The number of hydrogen-bond acceptors (Lipinski definition) is 12. The number of methoxy groups -OCH3 is 2. The Morgan fingerprint density at radius 2 is 0.971 bits per heavy atom. The van der Waals surface area contributed by atoms with Gasteiger partial charge in [-0.15, -0.1) is 0 Å². The highest BCUT2D eigenvalue weighted by atomic mass is 16.5. The van der Waals surface area contributed by atoms with Crippen molar-refractivity contribution in [2.45, 2.75) is 37.9 Å². The number of benzene rings is 4. The van der Waals surface area contributed by atoms with Crippen molar-refractivity contribution < 1.29 is 47.6 Å². The van der Waals surface area contributed by atoms with E-state index in [0.717, 1.165) is 50.1 Å². The van der Waals surface area contributed by atoms with Gasteiger partial charge in [0.25, 0.3) is 23.6 Å². The summed E-state index contributed by atoms with van der Waals surface area (Å²) in [6, 6.07) is 24.4. The van der Waals surface area contributed by atoms with E-state index < -0.39 is 0 Å². The maximum atomic E-state index is 12.9. The molecule has 2 atom stereocenters. The van der Waals surface area contributed by atoms with Crippen molar-refractivity contribution in [1.29, 1.82) is 0 Å². The Morgan fingerprint density at radius 3 is 1.29 bits per heavy atom. The van der Waals surface area contributed by atoms with Crippen LogP contribution in [-0.4, -0.2) is 119 Å². The lowest BCUT2D eigenvalue weighted by atomic mass is 10.1. The van der Waals surface area contributed by atoms with Crippen LogP contribution < -0.4 is 29.6 Å². The molecule has 0 aliphatic carbocycles. The van der Waals surface area contributed by atoms with Gasteiger partial charge in [0.2, 0.25) is 0 Å². The molecule has 2 fully saturated rings. The van der Waals surface area contributed by atoms with Gasteiger partial charge >= 0.3 is 0 Å². The van der Waals surface area contributed by atoms with Gasteiger partial charge in [0.05, 0.1) is 13.2 Å². The Balaban J connectivity index is 0.000000170. The highest BCUT2D eigenvalue weighted by Crippen LogP contribution is 2.41. The van der Waals surface area contributed by atoms with Gasteiger partial charge in [0.15, 0.2) is 11.6 Å². The zero-order chi connectivity index (χ0) is 47.3. The van der Waals surface area contributed by atoms with Crippen LogP contribution in [0.3, 0.4) is 0 Å². The van der Waals surface area contributed by atoms with E-state index in [1.54, 1.807) is 135 Å². The third kappa shape index (κ3) is 10.3. The number of rotatable bonds is 14. The quantitative estimate of drug-likeness (QED) is 0.121.